The van der Waals surface area contributed by atoms with Crippen molar-refractivity contribution >= 4 is 11.0 Å². The lowest BCUT2D eigenvalue weighted by molar-refractivity contribution is 0.121. The Morgan fingerprint density at radius 2 is 2.31 bits per heavy atom. The van der Waals surface area contributed by atoms with Gasteiger partial charge in [-0.15, -0.1) is 0 Å². The molecule has 4 nitrogen and oxygen atoms in total. The van der Waals surface area contributed by atoms with Crippen molar-refractivity contribution < 1.29 is 9.13 Å². The van der Waals surface area contributed by atoms with Crippen LogP contribution in [-0.2, 0) is 18.4 Å². The molecule has 1 aromatic carbocycles. The molecule has 0 radical (unpaired) electrons. The number of halogens is 1. The summed E-state index contributed by atoms with van der Waals surface area (Å²) in [5.74, 6) is 0.495. The summed E-state index contributed by atoms with van der Waals surface area (Å²) in [5, 5.41) is 0. The van der Waals surface area contributed by atoms with E-state index in [-0.39, 0.29) is 5.82 Å². The van der Waals surface area contributed by atoms with E-state index in [0.717, 1.165) is 11.3 Å². The summed E-state index contributed by atoms with van der Waals surface area (Å²) in [6, 6.07) is 4.56. The number of hydrogen-bond donors (Lipinski definition) is 1. The first-order chi connectivity index (χ1) is 7.72. The van der Waals surface area contributed by atoms with E-state index in [1.807, 2.05) is 11.6 Å². The lowest BCUT2D eigenvalue weighted by Gasteiger charge is -2.02. The van der Waals surface area contributed by atoms with Crippen LogP contribution in [0.3, 0.4) is 0 Å². The highest BCUT2D eigenvalue weighted by Crippen LogP contribution is 2.16. The Morgan fingerprint density at radius 1 is 1.50 bits per heavy atom. The molecule has 0 saturated carbocycles. The third-order valence-corrected chi connectivity index (χ3v) is 2.43. The molecule has 1 aromatic heterocycles. The average molecular weight is 223 g/mol. The zero-order valence-electron chi connectivity index (χ0n) is 9.11. The van der Waals surface area contributed by atoms with Crippen molar-refractivity contribution in [2.24, 2.45) is 12.8 Å². The largest absolute Gasteiger partial charge is 0.372 e. The molecule has 0 aliphatic heterocycles. The number of fused-ring (bicyclic) bond motifs is 1. The lowest BCUT2D eigenvalue weighted by Crippen LogP contribution is -2.10. The maximum Gasteiger partial charge on any atom is 0.135 e. The SMILES string of the molecule is Cn1c(COCCN)nc2cc(F)ccc21. The summed E-state index contributed by atoms with van der Waals surface area (Å²) >= 11 is 0. The Labute approximate surface area is 92.8 Å². The Kier molecular flexibility index (Phi) is 3.17. The van der Waals surface area contributed by atoms with Crippen LogP contribution in [0.25, 0.3) is 11.0 Å². The van der Waals surface area contributed by atoms with Crippen LogP contribution in [0.2, 0.25) is 0 Å². The molecule has 5 heteroatoms. The van der Waals surface area contributed by atoms with E-state index in [1.54, 1.807) is 6.07 Å². The summed E-state index contributed by atoms with van der Waals surface area (Å²) in [7, 11) is 1.88. The fourth-order valence-corrected chi connectivity index (χ4v) is 1.60. The zero-order valence-corrected chi connectivity index (χ0v) is 9.11. The number of nitrogens with zero attached hydrogens (tertiary/aromatic N) is 2. The molecule has 0 atom stereocenters. The standard InChI is InChI=1S/C11H14FN3O/c1-15-10-3-2-8(12)6-9(10)14-11(15)7-16-5-4-13/h2-3,6H,4-5,7,13H2,1H3. The minimum Gasteiger partial charge on any atom is -0.372 e. The molecular formula is C11H14FN3O. The Morgan fingerprint density at radius 3 is 3.06 bits per heavy atom. The van der Waals surface area contributed by atoms with E-state index < -0.39 is 0 Å². The van der Waals surface area contributed by atoms with Crippen LogP contribution in [0.5, 0.6) is 0 Å². The van der Waals surface area contributed by atoms with Crippen molar-refractivity contribution in [3.05, 3.63) is 29.8 Å². The first-order valence-electron chi connectivity index (χ1n) is 5.11. The van der Waals surface area contributed by atoms with Crippen molar-refractivity contribution in [3.63, 3.8) is 0 Å². The number of nitrogens with two attached hydrogens (primary N) is 1. The minimum atomic E-state index is -0.278. The van der Waals surface area contributed by atoms with Crippen molar-refractivity contribution in [1.82, 2.24) is 9.55 Å². The van der Waals surface area contributed by atoms with Gasteiger partial charge in [-0.25, -0.2) is 9.37 Å². The normalized spacial score (nSPS) is 11.2. The molecule has 86 valence electrons. The summed E-state index contributed by atoms with van der Waals surface area (Å²) in [5.41, 5.74) is 6.87. The van der Waals surface area contributed by atoms with E-state index in [9.17, 15) is 4.39 Å². The van der Waals surface area contributed by atoms with Gasteiger partial charge in [0.1, 0.15) is 18.2 Å². The highest BCUT2D eigenvalue weighted by molar-refractivity contribution is 5.75. The molecule has 0 saturated heterocycles. The van der Waals surface area contributed by atoms with Gasteiger partial charge in [-0.3, -0.25) is 0 Å². The number of imidazole rings is 1. The Balaban J connectivity index is 2.29. The van der Waals surface area contributed by atoms with E-state index in [0.29, 0.717) is 25.3 Å². The van der Waals surface area contributed by atoms with Crippen LogP contribution in [0.15, 0.2) is 18.2 Å². The number of rotatable bonds is 4. The van der Waals surface area contributed by atoms with E-state index in [2.05, 4.69) is 4.98 Å². The van der Waals surface area contributed by atoms with Gasteiger partial charge in [-0.2, -0.15) is 0 Å². The van der Waals surface area contributed by atoms with Crippen LogP contribution in [0, 0.1) is 5.82 Å². The molecule has 0 amide bonds. The minimum absolute atomic E-state index is 0.278. The predicted molar refractivity (Wildman–Crippen MR) is 59.4 cm³/mol. The Bertz CT molecular complexity index is 495. The fourth-order valence-electron chi connectivity index (χ4n) is 1.60. The number of aromatic nitrogens is 2. The molecule has 0 aliphatic rings. The van der Waals surface area contributed by atoms with Gasteiger partial charge in [0.25, 0.3) is 0 Å². The third kappa shape index (κ3) is 2.05. The predicted octanol–water partition coefficient (Wildman–Crippen LogP) is 1.19. The molecule has 0 unspecified atom stereocenters. The van der Waals surface area contributed by atoms with Gasteiger partial charge in [0.15, 0.2) is 0 Å². The first kappa shape index (κ1) is 11.0. The van der Waals surface area contributed by atoms with Crippen LogP contribution < -0.4 is 5.73 Å². The Hall–Kier alpha value is -1.46. The molecule has 2 aromatic rings. The molecular weight excluding hydrogens is 209 g/mol. The number of aryl methyl sites for hydroxylation is 1. The second-order valence-corrected chi connectivity index (χ2v) is 3.56. The second-order valence-electron chi connectivity index (χ2n) is 3.56. The van der Waals surface area contributed by atoms with E-state index >= 15 is 0 Å². The number of hydrogen-bond acceptors (Lipinski definition) is 3. The molecule has 0 spiro atoms. The van der Waals surface area contributed by atoms with Gasteiger partial charge in [0.05, 0.1) is 17.6 Å². The van der Waals surface area contributed by atoms with Gasteiger partial charge in [0.2, 0.25) is 0 Å². The fraction of sp³-hybridized carbons (Fsp3) is 0.364. The molecule has 16 heavy (non-hydrogen) atoms. The van der Waals surface area contributed by atoms with Gasteiger partial charge >= 0.3 is 0 Å². The zero-order chi connectivity index (χ0) is 11.5. The number of ether oxygens (including phenoxy) is 1. The van der Waals surface area contributed by atoms with Crippen molar-refractivity contribution in [1.29, 1.82) is 0 Å². The molecule has 0 fully saturated rings. The molecule has 1 heterocycles. The van der Waals surface area contributed by atoms with Crippen LogP contribution in [0.1, 0.15) is 5.82 Å². The molecule has 0 aliphatic carbocycles. The van der Waals surface area contributed by atoms with Crippen molar-refractivity contribution in [3.8, 4) is 0 Å². The maximum absolute atomic E-state index is 13.0. The first-order valence-corrected chi connectivity index (χ1v) is 5.11. The molecule has 0 bridgehead atoms. The summed E-state index contributed by atoms with van der Waals surface area (Å²) in [6.07, 6.45) is 0. The van der Waals surface area contributed by atoms with Crippen LogP contribution in [-0.4, -0.2) is 22.7 Å². The summed E-state index contributed by atoms with van der Waals surface area (Å²) in [4.78, 5) is 4.30. The maximum atomic E-state index is 13.0. The van der Waals surface area contributed by atoms with Crippen molar-refractivity contribution in [2.75, 3.05) is 13.2 Å². The summed E-state index contributed by atoms with van der Waals surface area (Å²) < 4.78 is 20.2. The summed E-state index contributed by atoms with van der Waals surface area (Å²) in [6.45, 7) is 1.38. The van der Waals surface area contributed by atoms with Gasteiger partial charge in [0, 0.05) is 19.7 Å². The number of benzene rings is 1. The van der Waals surface area contributed by atoms with Gasteiger partial charge in [-0.05, 0) is 12.1 Å². The highest BCUT2D eigenvalue weighted by atomic mass is 19.1. The van der Waals surface area contributed by atoms with E-state index in [4.69, 9.17) is 10.5 Å². The lowest BCUT2D eigenvalue weighted by atomic mass is 10.3. The molecule has 2 N–H and O–H groups in total. The quantitative estimate of drug-likeness (QED) is 0.792. The van der Waals surface area contributed by atoms with Gasteiger partial charge < -0.3 is 15.0 Å². The topological polar surface area (TPSA) is 53.1 Å². The van der Waals surface area contributed by atoms with E-state index in [1.165, 1.54) is 12.1 Å². The van der Waals surface area contributed by atoms with Gasteiger partial charge in [-0.1, -0.05) is 0 Å². The van der Waals surface area contributed by atoms with Crippen LogP contribution >= 0.6 is 0 Å². The monoisotopic (exact) mass is 223 g/mol. The average Bonchev–Trinajstić information content (AvgIpc) is 2.56. The highest BCUT2D eigenvalue weighted by Gasteiger charge is 2.07. The molecule has 2 rings (SSSR count). The third-order valence-electron chi connectivity index (χ3n) is 2.43. The van der Waals surface area contributed by atoms with Crippen molar-refractivity contribution in [2.45, 2.75) is 6.61 Å². The second kappa shape index (κ2) is 4.59. The van der Waals surface area contributed by atoms with Crippen LogP contribution in [0.4, 0.5) is 4.39 Å². The smallest absolute Gasteiger partial charge is 0.135 e.